The fraction of sp³-hybridized carbons (Fsp3) is 0.182. The van der Waals surface area contributed by atoms with E-state index in [2.05, 4.69) is 14.9 Å². The topological polar surface area (TPSA) is 101 Å². The molecule has 0 atom stereocenters. The molecule has 102 valence electrons. The summed E-state index contributed by atoms with van der Waals surface area (Å²) in [7, 11) is -3.86. The summed E-state index contributed by atoms with van der Waals surface area (Å²) in [6.07, 6.45) is 0. The normalized spacial score (nSPS) is 11.5. The SMILES string of the molecule is Cc1n[nH]c(C)c1NS(=O)(=O)c1c(N)cccc1Cl. The van der Waals surface area contributed by atoms with Crippen LogP contribution in [-0.4, -0.2) is 18.6 Å². The third kappa shape index (κ3) is 2.52. The molecule has 0 saturated heterocycles. The Labute approximate surface area is 116 Å². The van der Waals surface area contributed by atoms with Crippen LogP contribution in [0.5, 0.6) is 0 Å². The van der Waals surface area contributed by atoms with Gasteiger partial charge in [0.1, 0.15) is 4.90 Å². The van der Waals surface area contributed by atoms with Crippen LogP contribution in [0, 0.1) is 13.8 Å². The van der Waals surface area contributed by atoms with Gasteiger partial charge in [-0.2, -0.15) is 5.10 Å². The first-order valence-electron chi connectivity index (χ1n) is 5.41. The molecule has 1 aromatic carbocycles. The van der Waals surface area contributed by atoms with E-state index in [1.165, 1.54) is 12.1 Å². The number of anilines is 2. The maximum absolute atomic E-state index is 12.3. The highest BCUT2D eigenvalue weighted by Crippen LogP contribution is 2.30. The molecule has 2 rings (SSSR count). The Morgan fingerprint density at radius 2 is 2.05 bits per heavy atom. The largest absolute Gasteiger partial charge is 0.398 e. The summed E-state index contributed by atoms with van der Waals surface area (Å²) in [5, 5.41) is 6.70. The van der Waals surface area contributed by atoms with Crippen molar-refractivity contribution in [1.29, 1.82) is 0 Å². The van der Waals surface area contributed by atoms with Crippen molar-refractivity contribution < 1.29 is 8.42 Å². The number of nitrogens with zero attached hydrogens (tertiary/aromatic N) is 1. The Hall–Kier alpha value is -1.73. The lowest BCUT2D eigenvalue weighted by atomic mass is 10.3. The zero-order valence-electron chi connectivity index (χ0n) is 10.4. The standard InChI is InChI=1S/C11H13ClN4O2S/c1-6-10(7(2)15-14-6)16-19(17,18)11-8(12)4-3-5-9(11)13/h3-5,16H,13H2,1-2H3,(H,14,15). The molecule has 8 heteroatoms. The second kappa shape index (κ2) is 4.75. The molecule has 0 radical (unpaired) electrons. The predicted octanol–water partition coefficient (Wildman–Crippen LogP) is 2.06. The van der Waals surface area contributed by atoms with Crippen LogP contribution >= 0.6 is 11.6 Å². The smallest absolute Gasteiger partial charge is 0.265 e. The van der Waals surface area contributed by atoms with E-state index in [0.29, 0.717) is 17.1 Å². The summed E-state index contributed by atoms with van der Waals surface area (Å²) in [6, 6.07) is 4.54. The molecule has 1 heterocycles. The fourth-order valence-corrected chi connectivity index (χ4v) is 3.56. The molecular weight excluding hydrogens is 288 g/mol. The Kier molecular flexibility index (Phi) is 3.42. The Balaban J connectivity index is 2.50. The van der Waals surface area contributed by atoms with Crippen molar-refractivity contribution in [1.82, 2.24) is 10.2 Å². The number of halogens is 1. The van der Waals surface area contributed by atoms with Crippen LogP contribution < -0.4 is 10.5 Å². The van der Waals surface area contributed by atoms with Gasteiger partial charge in [0, 0.05) is 0 Å². The van der Waals surface area contributed by atoms with Gasteiger partial charge in [0.25, 0.3) is 10.0 Å². The summed E-state index contributed by atoms with van der Waals surface area (Å²) >= 11 is 5.91. The van der Waals surface area contributed by atoms with Crippen molar-refractivity contribution in [3.63, 3.8) is 0 Å². The van der Waals surface area contributed by atoms with Gasteiger partial charge < -0.3 is 5.73 Å². The molecule has 19 heavy (non-hydrogen) atoms. The van der Waals surface area contributed by atoms with E-state index in [1.807, 2.05) is 0 Å². The number of sulfonamides is 1. The highest BCUT2D eigenvalue weighted by Gasteiger charge is 2.23. The number of aromatic amines is 1. The van der Waals surface area contributed by atoms with Crippen molar-refractivity contribution >= 4 is 33.0 Å². The number of benzene rings is 1. The van der Waals surface area contributed by atoms with E-state index in [4.69, 9.17) is 17.3 Å². The van der Waals surface area contributed by atoms with Crippen molar-refractivity contribution in [3.05, 3.63) is 34.6 Å². The van der Waals surface area contributed by atoms with Crippen LogP contribution in [-0.2, 0) is 10.0 Å². The number of H-pyrrole nitrogens is 1. The highest BCUT2D eigenvalue weighted by atomic mass is 35.5. The number of hydrogen-bond donors (Lipinski definition) is 3. The number of nitrogen functional groups attached to an aromatic ring is 1. The summed E-state index contributed by atoms with van der Waals surface area (Å²) in [6.45, 7) is 3.41. The summed E-state index contributed by atoms with van der Waals surface area (Å²) in [4.78, 5) is -0.128. The zero-order chi connectivity index (χ0) is 14.2. The first-order valence-corrected chi connectivity index (χ1v) is 7.27. The van der Waals surface area contributed by atoms with Gasteiger partial charge in [-0.3, -0.25) is 9.82 Å². The number of aromatic nitrogens is 2. The lowest BCUT2D eigenvalue weighted by molar-refractivity contribution is 0.601. The van der Waals surface area contributed by atoms with Gasteiger partial charge in [-0.15, -0.1) is 0 Å². The number of nitrogens with two attached hydrogens (primary N) is 1. The van der Waals surface area contributed by atoms with E-state index in [1.54, 1.807) is 19.9 Å². The van der Waals surface area contributed by atoms with Crippen LogP contribution in [0.3, 0.4) is 0 Å². The van der Waals surface area contributed by atoms with Gasteiger partial charge in [-0.1, -0.05) is 17.7 Å². The van der Waals surface area contributed by atoms with Crippen molar-refractivity contribution in [2.45, 2.75) is 18.7 Å². The Bertz CT molecular complexity index is 685. The van der Waals surface area contributed by atoms with Gasteiger partial charge in [0.05, 0.1) is 27.8 Å². The van der Waals surface area contributed by atoms with Crippen LogP contribution in [0.1, 0.15) is 11.4 Å². The molecule has 2 aromatic rings. The fourth-order valence-electron chi connectivity index (χ4n) is 1.70. The monoisotopic (exact) mass is 300 g/mol. The van der Waals surface area contributed by atoms with Crippen LogP contribution in [0.4, 0.5) is 11.4 Å². The molecular formula is C11H13ClN4O2S. The summed E-state index contributed by atoms with van der Waals surface area (Å²) in [5.74, 6) is 0. The molecule has 1 aromatic heterocycles. The van der Waals surface area contributed by atoms with Crippen LogP contribution in [0.2, 0.25) is 5.02 Å². The van der Waals surface area contributed by atoms with E-state index in [-0.39, 0.29) is 15.6 Å². The van der Waals surface area contributed by atoms with Crippen molar-refractivity contribution in [2.75, 3.05) is 10.5 Å². The maximum Gasteiger partial charge on any atom is 0.265 e. The number of rotatable bonds is 3. The third-order valence-electron chi connectivity index (χ3n) is 2.63. The molecule has 0 saturated carbocycles. The van der Waals surface area contributed by atoms with Gasteiger partial charge in [-0.05, 0) is 26.0 Å². The van der Waals surface area contributed by atoms with Crippen LogP contribution in [0.25, 0.3) is 0 Å². The molecule has 0 aliphatic rings. The quantitative estimate of drug-likeness (QED) is 0.755. The van der Waals surface area contributed by atoms with Crippen LogP contribution in [0.15, 0.2) is 23.1 Å². The lowest BCUT2D eigenvalue weighted by Gasteiger charge is -2.11. The van der Waals surface area contributed by atoms with Crippen molar-refractivity contribution in [3.8, 4) is 0 Å². The average Bonchev–Trinajstić information content (AvgIpc) is 2.60. The average molecular weight is 301 g/mol. The minimum Gasteiger partial charge on any atom is -0.398 e. The minimum absolute atomic E-state index is 0.0753. The molecule has 0 amide bonds. The van der Waals surface area contributed by atoms with Gasteiger partial charge >= 0.3 is 0 Å². The predicted molar refractivity (Wildman–Crippen MR) is 74.7 cm³/mol. The molecule has 6 nitrogen and oxygen atoms in total. The van der Waals surface area contributed by atoms with E-state index < -0.39 is 10.0 Å². The second-order valence-corrected chi connectivity index (χ2v) is 6.10. The highest BCUT2D eigenvalue weighted by molar-refractivity contribution is 7.93. The number of hydrogen-bond acceptors (Lipinski definition) is 4. The minimum atomic E-state index is -3.86. The Morgan fingerprint density at radius 1 is 1.37 bits per heavy atom. The summed E-state index contributed by atoms with van der Waals surface area (Å²) in [5.41, 5.74) is 7.35. The molecule has 0 aliphatic carbocycles. The first kappa shape index (κ1) is 13.7. The van der Waals surface area contributed by atoms with Crippen molar-refractivity contribution in [2.24, 2.45) is 0 Å². The molecule has 0 aliphatic heterocycles. The van der Waals surface area contributed by atoms with Gasteiger partial charge in [0.15, 0.2) is 0 Å². The van der Waals surface area contributed by atoms with Gasteiger partial charge in [-0.25, -0.2) is 8.42 Å². The molecule has 0 unspecified atom stereocenters. The maximum atomic E-state index is 12.3. The summed E-state index contributed by atoms with van der Waals surface area (Å²) < 4.78 is 27.1. The van der Waals surface area contributed by atoms with E-state index in [9.17, 15) is 8.42 Å². The lowest BCUT2D eigenvalue weighted by Crippen LogP contribution is -2.16. The molecule has 0 bridgehead atoms. The number of nitrogens with one attached hydrogen (secondary N) is 2. The third-order valence-corrected chi connectivity index (χ3v) is 4.52. The first-order chi connectivity index (χ1) is 8.83. The van der Waals surface area contributed by atoms with E-state index in [0.717, 1.165) is 0 Å². The molecule has 0 fully saturated rings. The second-order valence-electron chi connectivity index (χ2n) is 4.07. The molecule has 0 spiro atoms. The zero-order valence-corrected chi connectivity index (χ0v) is 11.9. The van der Waals surface area contributed by atoms with Gasteiger partial charge in [0.2, 0.25) is 0 Å². The molecule has 4 N–H and O–H groups in total. The van der Waals surface area contributed by atoms with E-state index >= 15 is 0 Å². The Morgan fingerprint density at radius 3 is 2.58 bits per heavy atom. The number of aryl methyl sites for hydroxylation is 2.